The molecule has 0 radical (unpaired) electrons. The lowest BCUT2D eigenvalue weighted by molar-refractivity contribution is 0.0764. The lowest BCUT2D eigenvalue weighted by Crippen LogP contribution is -2.15. The third-order valence-electron chi connectivity index (χ3n) is 4.67. The Kier molecular flexibility index (Phi) is 5.81. The number of hydrogen-bond donors (Lipinski definition) is 2. The summed E-state index contributed by atoms with van der Waals surface area (Å²) >= 11 is 2.26. The second-order valence-corrected chi connectivity index (χ2v) is 7.67. The summed E-state index contributed by atoms with van der Waals surface area (Å²) < 4.78 is 27.8. The van der Waals surface area contributed by atoms with E-state index >= 15 is 0 Å². The van der Waals surface area contributed by atoms with Crippen LogP contribution in [0.4, 0.5) is 10.2 Å². The van der Waals surface area contributed by atoms with E-state index < -0.39 is 12.0 Å². The zero-order valence-corrected chi connectivity index (χ0v) is 17.5. The largest absolute Gasteiger partial charge is 0.462 e. The third-order valence-corrected chi connectivity index (χ3v) is 5.65. The lowest BCUT2D eigenvalue weighted by atomic mass is 9.96. The highest BCUT2D eigenvalue weighted by atomic mass is 127. The molecule has 152 valence electrons. The number of fused-ring (bicyclic) bond motifs is 1. The summed E-state index contributed by atoms with van der Waals surface area (Å²) in [6, 6.07) is 7.87. The van der Waals surface area contributed by atoms with Crippen molar-refractivity contribution in [2.24, 2.45) is 0 Å². The number of aliphatic hydroxyl groups is 1. The molecule has 1 aliphatic heterocycles. The summed E-state index contributed by atoms with van der Waals surface area (Å²) in [5.41, 5.74) is 7.56. The number of anilines is 1. The van der Waals surface area contributed by atoms with Crippen molar-refractivity contribution in [3.63, 3.8) is 0 Å². The Labute approximate surface area is 179 Å². The van der Waals surface area contributed by atoms with Crippen molar-refractivity contribution < 1.29 is 19.0 Å². The number of nitrogens with zero attached hydrogens (tertiary/aromatic N) is 4. The van der Waals surface area contributed by atoms with Gasteiger partial charge in [-0.3, -0.25) is 0 Å². The Morgan fingerprint density at radius 1 is 1.24 bits per heavy atom. The molecule has 29 heavy (non-hydrogen) atoms. The molecule has 3 heterocycles. The van der Waals surface area contributed by atoms with Crippen LogP contribution in [0.1, 0.15) is 30.1 Å². The molecule has 1 aliphatic rings. The number of rotatable bonds is 7. The van der Waals surface area contributed by atoms with Crippen molar-refractivity contribution in [3.8, 4) is 0 Å². The Morgan fingerprint density at radius 3 is 2.79 bits per heavy atom. The molecule has 3 aromatic rings. The molecule has 0 aliphatic carbocycles. The number of unbranched alkanes of at least 4 members (excludes halogenated alkanes) is 1. The lowest BCUT2D eigenvalue weighted by Gasteiger charge is -2.20. The van der Waals surface area contributed by atoms with E-state index in [1.165, 1.54) is 0 Å². The van der Waals surface area contributed by atoms with E-state index in [1.807, 2.05) is 28.8 Å². The summed E-state index contributed by atoms with van der Waals surface area (Å²) in [5.74, 6) is 0.787. The van der Waals surface area contributed by atoms with Gasteiger partial charge in [0.2, 0.25) is 6.79 Å². The smallest absolute Gasteiger partial charge is 0.312 e. The van der Waals surface area contributed by atoms with Crippen LogP contribution in [0.5, 0.6) is 0 Å². The van der Waals surface area contributed by atoms with E-state index in [0.29, 0.717) is 42.1 Å². The summed E-state index contributed by atoms with van der Waals surface area (Å²) in [5, 5.41) is 9.18. The molecule has 3 N–H and O–H groups in total. The van der Waals surface area contributed by atoms with Gasteiger partial charge in [-0.25, -0.2) is 4.98 Å². The van der Waals surface area contributed by atoms with E-state index in [4.69, 9.17) is 20.2 Å². The predicted octanol–water partition coefficient (Wildman–Crippen LogP) is 2.90. The average molecular weight is 511 g/mol. The number of hydrogen-bond acceptors (Lipinski definition) is 7. The number of aryl methyl sites for hydroxylation is 1. The highest BCUT2D eigenvalue weighted by molar-refractivity contribution is 14.1. The molecule has 0 saturated heterocycles. The number of ether oxygens (including phenoxy) is 2. The van der Waals surface area contributed by atoms with E-state index in [2.05, 4.69) is 32.6 Å². The molecule has 10 heteroatoms. The number of allylic oxidation sites excluding steroid dienone is 1. The van der Waals surface area contributed by atoms with Gasteiger partial charge in [-0.1, -0.05) is 18.2 Å². The Bertz CT molecular complexity index is 1070. The molecule has 1 atom stereocenters. The summed E-state index contributed by atoms with van der Waals surface area (Å²) in [6.07, 6.45) is 1.92. The maximum atomic E-state index is 13.9. The molecule has 1 unspecified atom stereocenters. The maximum Gasteiger partial charge on any atom is 0.312 e. The molecule has 0 bridgehead atoms. The molecule has 0 spiro atoms. The maximum absolute atomic E-state index is 13.9. The second kappa shape index (κ2) is 8.49. The first-order valence-corrected chi connectivity index (χ1v) is 10.2. The first-order valence-electron chi connectivity index (χ1n) is 9.09. The first kappa shape index (κ1) is 19.8. The van der Waals surface area contributed by atoms with Crippen LogP contribution in [0.3, 0.4) is 0 Å². The fraction of sp³-hybridized carbons (Fsp3) is 0.316. The molecule has 8 nitrogen and oxygen atoms in total. The Morgan fingerprint density at radius 2 is 2.07 bits per heavy atom. The zero-order valence-electron chi connectivity index (χ0n) is 15.4. The first-order chi connectivity index (χ1) is 14.1. The Balaban J connectivity index is 1.94. The van der Waals surface area contributed by atoms with Gasteiger partial charge in [-0.2, -0.15) is 14.4 Å². The van der Waals surface area contributed by atoms with Gasteiger partial charge in [0.05, 0.1) is 0 Å². The van der Waals surface area contributed by atoms with Crippen LogP contribution in [0.25, 0.3) is 11.2 Å². The number of halogens is 2. The highest BCUT2D eigenvalue weighted by Gasteiger charge is 2.31. The van der Waals surface area contributed by atoms with Gasteiger partial charge in [-0.15, -0.1) is 0 Å². The molecular formula is C19H19FIN5O3. The summed E-state index contributed by atoms with van der Waals surface area (Å²) in [6.45, 7) is 0.669. The van der Waals surface area contributed by atoms with E-state index in [1.54, 1.807) is 6.26 Å². The SMILES string of the molecule is Nc1nc(F)nc2c1nc(C(C1=COCO1)c1ccccc1I)n2CCCCO. The van der Waals surface area contributed by atoms with Crippen LogP contribution < -0.4 is 5.73 Å². The quantitative estimate of drug-likeness (QED) is 0.285. The minimum atomic E-state index is -0.907. The van der Waals surface area contributed by atoms with Gasteiger partial charge in [-0.05, 0) is 47.1 Å². The van der Waals surface area contributed by atoms with Crippen LogP contribution in [-0.2, 0) is 16.0 Å². The van der Waals surface area contributed by atoms with Crippen molar-refractivity contribution in [1.29, 1.82) is 0 Å². The topological polar surface area (TPSA) is 108 Å². The van der Waals surface area contributed by atoms with Gasteiger partial charge in [0.15, 0.2) is 17.0 Å². The molecular weight excluding hydrogens is 492 g/mol. The van der Waals surface area contributed by atoms with Crippen molar-refractivity contribution in [1.82, 2.24) is 19.5 Å². The van der Waals surface area contributed by atoms with Crippen LogP contribution in [-0.4, -0.2) is 38.0 Å². The summed E-state index contributed by atoms with van der Waals surface area (Å²) in [4.78, 5) is 12.3. The minimum absolute atomic E-state index is 0.0197. The third kappa shape index (κ3) is 3.86. The fourth-order valence-electron chi connectivity index (χ4n) is 3.37. The molecule has 1 aromatic carbocycles. The van der Waals surface area contributed by atoms with Gasteiger partial charge in [0.1, 0.15) is 23.8 Å². The highest BCUT2D eigenvalue weighted by Crippen LogP contribution is 2.38. The van der Waals surface area contributed by atoms with Gasteiger partial charge in [0.25, 0.3) is 0 Å². The van der Waals surface area contributed by atoms with Gasteiger partial charge >= 0.3 is 6.08 Å². The zero-order chi connectivity index (χ0) is 20.4. The van der Waals surface area contributed by atoms with E-state index in [0.717, 1.165) is 9.13 Å². The number of aliphatic hydroxyl groups excluding tert-OH is 1. The molecule has 0 fully saturated rings. The second-order valence-electron chi connectivity index (χ2n) is 6.51. The van der Waals surface area contributed by atoms with Crippen LogP contribution in [0.15, 0.2) is 36.3 Å². The van der Waals surface area contributed by atoms with Crippen LogP contribution in [0.2, 0.25) is 0 Å². The number of nitrogen functional groups attached to an aromatic ring is 1. The van der Waals surface area contributed by atoms with Crippen molar-refractivity contribution in [2.45, 2.75) is 25.3 Å². The van der Waals surface area contributed by atoms with E-state index in [9.17, 15) is 9.50 Å². The number of aromatic nitrogens is 4. The normalized spacial score (nSPS) is 14.5. The fourth-order valence-corrected chi connectivity index (χ4v) is 4.06. The summed E-state index contributed by atoms with van der Waals surface area (Å²) in [7, 11) is 0. The van der Waals surface area contributed by atoms with Gasteiger partial charge < -0.3 is 24.9 Å². The van der Waals surface area contributed by atoms with Crippen molar-refractivity contribution in [3.05, 3.63) is 57.3 Å². The standard InChI is InChI=1S/C19H19FIN5O3/c20-19-24-16(22)15-18(25-19)26(7-3-4-8-27)17(23-15)14(13-9-28-10-29-13)11-5-1-2-6-12(11)21/h1-2,5-6,9,14,27H,3-4,7-8,10H2,(H2,22,24,25). The van der Waals surface area contributed by atoms with Crippen LogP contribution in [0, 0.1) is 9.65 Å². The number of imidazole rings is 1. The number of nitrogens with two attached hydrogens (primary N) is 1. The minimum Gasteiger partial charge on any atom is -0.462 e. The van der Waals surface area contributed by atoms with Crippen LogP contribution >= 0.6 is 22.6 Å². The van der Waals surface area contributed by atoms with E-state index in [-0.39, 0.29) is 19.2 Å². The molecule has 4 rings (SSSR count). The monoisotopic (exact) mass is 511 g/mol. The molecule has 0 amide bonds. The Hall–Kier alpha value is -2.47. The molecule has 2 aromatic heterocycles. The number of benzene rings is 1. The van der Waals surface area contributed by atoms with Crippen molar-refractivity contribution >= 4 is 39.6 Å². The van der Waals surface area contributed by atoms with Crippen molar-refractivity contribution in [2.75, 3.05) is 19.1 Å². The predicted molar refractivity (Wildman–Crippen MR) is 112 cm³/mol. The molecule has 0 saturated carbocycles. The average Bonchev–Trinajstić information content (AvgIpc) is 3.33. The van der Waals surface area contributed by atoms with Gasteiger partial charge in [0, 0.05) is 16.7 Å².